The molecule has 8 heteroatoms. The number of rotatable bonds is 2. The van der Waals surface area contributed by atoms with Crippen LogP contribution in [0.5, 0.6) is 5.75 Å². The quantitative estimate of drug-likeness (QED) is 0.812. The van der Waals surface area contributed by atoms with Gasteiger partial charge in [-0.1, -0.05) is 4.40 Å². The van der Waals surface area contributed by atoms with E-state index >= 15 is 0 Å². The molecule has 1 aromatic rings. The minimum atomic E-state index is -3.77. The maximum atomic E-state index is 12.2. The standard InChI is InChI=1S/C13H18N2O5S/c1-12(2)13(3,4)21(17,18)15-11(20-12)19-10-7-5-9(14-16)6-8-10/h5-8,14,16H,1-4H3. The number of anilines is 1. The molecule has 0 radical (unpaired) electrons. The molecular weight excluding hydrogens is 296 g/mol. The summed E-state index contributed by atoms with van der Waals surface area (Å²) < 4.78 is 37.8. The summed E-state index contributed by atoms with van der Waals surface area (Å²) in [6.45, 7) is 6.46. The van der Waals surface area contributed by atoms with Crippen LogP contribution < -0.4 is 10.2 Å². The lowest BCUT2D eigenvalue weighted by Crippen LogP contribution is -2.56. The van der Waals surface area contributed by atoms with E-state index in [9.17, 15) is 8.42 Å². The van der Waals surface area contributed by atoms with Crippen molar-refractivity contribution in [1.29, 1.82) is 0 Å². The van der Waals surface area contributed by atoms with Crippen molar-refractivity contribution in [3.8, 4) is 5.75 Å². The fourth-order valence-corrected chi connectivity index (χ4v) is 2.78. The number of sulfonamides is 1. The number of nitrogens with zero attached hydrogens (tertiary/aromatic N) is 1. The number of nitrogens with one attached hydrogen (secondary N) is 1. The third-order valence-corrected chi connectivity index (χ3v) is 5.99. The highest BCUT2D eigenvalue weighted by molar-refractivity contribution is 7.91. The molecule has 21 heavy (non-hydrogen) atoms. The molecule has 0 fully saturated rings. The van der Waals surface area contributed by atoms with Gasteiger partial charge in [-0.25, -0.2) is 8.42 Å². The SMILES string of the molecule is CC1(C)OC(Oc2ccc(NO)cc2)=NS(=O)(=O)C1(C)C. The molecule has 116 valence electrons. The average Bonchev–Trinajstić information content (AvgIpc) is 2.36. The van der Waals surface area contributed by atoms with E-state index in [0.29, 0.717) is 11.4 Å². The van der Waals surface area contributed by atoms with Gasteiger partial charge < -0.3 is 9.47 Å². The summed E-state index contributed by atoms with van der Waals surface area (Å²) in [6, 6.07) is 6.21. The lowest BCUT2D eigenvalue weighted by Gasteiger charge is -2.41. The van der Waals surface area contributed by atoms with Crippen molar-refractivity contribution in [3.63, 3.8) is 0 Å². The second-order valence-electron chi connectivity index (χ2n) is 5.69. The third kappa shape index (κ3) is 2.68. The van der Waals surface area contributed by atoms with E-state index < -0.39 is 20.4 Å². The second kappa shape index (κ2) is 4.88. The first-order chi connectivity index (χ1) is 9.59. The fraction of sp³-hybridized carbons (Fsp3) is 0.462. The topological polar surface area (TPSA) is 97.2 Å². The van der Waals surface area contributed by atoms with Crippen LogP contribution in [-0.4, -0.2) is 30.1 Å². The van der Waals surface area contributed by atoms with Crippen LogP contribution >= 0.6 is 0 Å². The van der Waals surface area contributed by atoms with Crippen LogP contribution in [0, 0.1) is 0 Å². The number of hydrogen-bond acceptors (Lipinski definition) is 6. The van der Waals surface area contributed by atoms with Gasteiger partial charge in [-0.3, -0.25) is 10.7 Å². The van der Waals surface area contributed by atoms with Gasteiger partial charge in [-0.15, -0.1) is 0 Å². The molecular formula is C13H18N2O5S. The van der Waals surface area contributed by atoms with Crippen LogP contribution in [-0.2, 0) is 14.8 Å². The maximum absolute atomic E-state index is 12.2. The molecule has 0 unspecified atom stereocenters. The average molecular weight is 314 g/mol. The molecule has 1 aromatic carbocycles. The molecule has 0 saturated heterocycles. The minimum absolute atomic E-state index is 0.316. The second-order valence-corrected chi connectivity index (χ2v) is 7.85. The molecule has 0 aliphatic carbocycles. The fourth-order valence-electron chi connectivity index (χ4n) is 1.62. The van der Waals surface area contributed by atoms with Gasteiger partial charge in [0.2, 0.25) is 0 Å². The van der Waals surface area contributed by atoms with Crippen LogP contribution in [0.25, 0.3) is 0 Å². The molecule has 2 N–H and O–H groups in total. The summed E-state index contributed by atoms with van der Waals surface area (Å²) in [7, 11) is -3.77. The molecule has 1 aliphatic rings. The van der Waals surface area contributed by atoms with Crippen molar-refractivity contribution >= 4 is 21.8 Å². The monoisotopic (exact) mass is 314 g/mol. The Hall–Kier alpha value is -1.80. The predicted octanol–water partition coefficient (Wildman–Crippen LogP) is 2.14. The van der Waals surface area contributed by atoms with Crippen LogP contribution in [0.3, 0.4) is 0 Å². The number of benzene rings is 1. The Kier molecular flexibility index (Phi) is 3.63. The third-order valence-electron chi connectivity index (χ3n) is 3.82. The Balaban J connectivity index is 2.31. The lowest BCUT2D eigenvalue weighted by atomic mass is 9.93. The summed E-state index contributed by atoms with van der Waals surface area (Å²) >= 11 is 0. The van der Waals surface area contributed by atoms with Crippen molar-refractivity contribution in [2.45, 2.75) is 38.0 Å². The summed E-state index contributed by atoms with van der Waals surface area (Å²) in [4.78, 5) is 0. The van der Waals surface area contributed by atoms with Gasteiger partial charge in [0.25, 0.3) is 10.0 Å². The Morgan fingerprint density at radius 3 is 2.24 bits per heavy atom. The van der Waals surface area contributed by atoms with E-state index in [2.05, 4.69) is 4.40 Å². The van der Waals surface area contributed by atoms with E-state index in [0.717, 1.165) is 0 Å². The summed E-state index contributed by atoms with van der Waals surface area (Å²) in [6.07, 6.45) is -0.316. The first-order valence-corrected chi connectivity index (χ1v) is 7.75. The van der Waals surface area contributed by atoms with Crippen molar-refractivity contribution < 1.29 is 23.1 Å². The molecule has 7 nitrogen and oxygen atoms in total. The van der Waals surface area contributed by atoms with E-state index in [1.54, 1.807) is 52.0 Å². The molecule has 1 aliphatic heterocycles. The Morgan fingerprint density at radius 2 is 1.76 bits per heavy atom. The molecule has 1 heterocycles. The highest BCUT2D eigenvalue weighted by Crippen LogP contribution is 2.38. The molecule has 0 saturated carbocycles. The normalized spacial score (nSPS) is 21.9. The van der Waals surface area contributed by atoms with E-state index in [4.69, 9.17) is 14.7 Å². The summed E-state index contributed by atoms with van der Waals surface area (Å²) in [5.74, 6) is 0.346. The van der Waals surface area contributed by atoms with Crippen LogP contribution in [0.2, 0.25) is 0 Å². The van der Waals surface area contributed by atoms with Crippen LogP contribution in [0.15, 0.2) is 28.7 Å². The first kappa shape index (κ1) is 15.6. The molecule has 0 spiro atoms. The molecule has 0 bridgehead atoms. The zero-order valence-electron chi connectivity index (χ0n) is 12.2. The maximum Gasteiger partial charge on any atom is 0.405 e. The zero-order valence-corrected chi connectivity index (χ0v) is 13.1. The van der Waals surface area contributed by atoms with Crippen molar-refractivity contribution in [2.75, 3.05) is 5.48 Å². The Labute approximate surface area is 123 Å². The lowest BCUT2D eigenvalue weighted by molar-refractivity contribution is 0.0309. The van der Waals surface area contributed by atoms with Gasteiger partial charge in [0, 0.05) is 0 Å². The van der Waals surface area contributed by atoms with Crippen molar-refractivity contribution in [2.24, 2.45) is 4.40 Å². The Morgan fingerprint density at radius 1 is 1.19 bits per heavy atom. The number of ether oxygens (including phenoxy) is 2. The van der Waals surface area contributed by atoms with Gasteiger partial charge in [0.05, 0.1) is 5.69 Å². The highest BCUT2D eigenvalue weighted by Gasteiger charge is 2.54. The molecule has 0 atom stereocenters. The van der Waals surface area contributed by atoms with E-state index in [1.807, 2.05) is 5.48 Å². The smallest absolute Gasteiger partial charge is 0.405 e. The summed E-state index contributed by atoms with van der Waals surface area (Å²) in [5, 5.41) is 8.73. The Bertz CT molecular complexity index is 662. The molecule has 2 rings (SSSR count). The van der Waals surface area contributed by atoms with E-state index in [1.165, 1.54) is 0 Å². The van der Waals surface area contributed by atoms with Gasteiger partial charge in [0.15, 0.2) is 0 Å². The minimum Gasteiger partial charge on any atom is -0.442 e. The predicted molar refractivity (Wildman–Crippen MR) is 78.1 cm³/mol. The van der Waals surface area contributed by atoms with Crippen molar-refractivity contribution in [1.82, 2.24) is 0 Å². The van der Waals surface area contributed by atoms with Crippen molar-refractivity contribution in [3.05, 3.63) is 24.3 Å². The van der Waals surface area contributed by atoms with Crippen LogP contribution in [0.4, 0.5) is 5.69 Å². The van der Waals surface area contributed by atoms with Gasteiger partial charge in [-0.05, 0) is 52.0 Å². The zero-order chi connectivity index (χ0) is 15.9. The van der Waals surface area contributed by atoms with E-state index in [-0.39, 0.29) is 6.08 Å². The van der Waals surface area contributed by atoms with Gasteiger partial charge in [0.1, 0.15) is 16.1 Å². The van der Waals surface area contributed by atoms with Crippen LogP contribution in [0.1, 0.15) is 27.7 Å². The number of hydrogen-bond donors (Lipinski definition) is 2. The van der Waals surface area contributed by atoms with Gasteiger partial charge in [-0.2, -0.15) is 0 Å². The van der Waals surface area contributed by atoms with Gasteiger partial charge >= 0.3 is 6.08 Å². The molecule has 0 aromatic heterocycles. The highest BCUT2D eigenvalue weighted by atomic mass is 32.2. The largest absolute Gasteiger partial charge is 0.442 e. The first-order valence-electron chi connectivity index (χ1n) is 6.31. The summed E-state index contributed by atoms with van der Waals surface area (Å²) in [5.41, 5.74) is 1.47. The molecule has 0 amide bonds.